The number of carbonyl (C=O) groups excluding carboxylic acids is 2. The topological polar surface area (TPSA) is 64.7 Å². The predicted molar refractivity (Wildman–Crippen MR) is 136 cm³/mol. The molecule has 1 heterocycles. The Hall–Kier alpha value is -3.49. The zero-order chi connectivity index (χ0) is 24.1. The molecule has 174 valence electrons. The van der Waals surface area contributed by atoms with Crippen molar-refractivity contribution in [1.29, 1.82) is 0 Å². The lowest BCUT2D eigenvalue weighted by atomic mass is 10.1. The van der Waals surface area contributed by atoms with Crippen LogP contribution in [-0.2, 0) is 0 Å². The number of amides is 2. The van der Waals surface area contributed by atoms with Gasteiger partial charge in [0.2, 0.25) is 0 Å². The van der Waals surface area contributed by atoms with Crippen LogP contribution in [0.25, 0.3) is 0 Å². The fraction of sp³-hybridized carbons (Fsp3) is 0.160. The molecule has 2 amide bonds. The molecule has 9 heteroatoms. The number of rotatable bonds is 4. The van der Waals surface area contributed by atoms with E-state index >= 15 is 0 Å². The van der Waals surface area contributed by atoms with Gasteiger partial charge in [0.25, 0.3) is 11.8 Å². The maximum absolute atomic E-state index is 13.0. The summed E-state index contributed by atoms with van der Waals surface area (Å²) < 4.78 is 13.0. The Morgan fingerprint density at radius 2 is 1.56 bits per heavy atom. The van der Waals surface area contributed by atoms with Crippen molar-refractivity contribution in [2.45, 2.75) is 0 Å². The molecule has 0 atom stereocenters. The van der Waals surface area contributed by atoms with Gasteiger partial charge in [-0.25, -0.2) is 4.39 Å². The molecule has 0 saturated carbocycles. The molecule has 34 heavy (non-hydrogen) atoms. The summed E-state index contributed by atoms with van der Waals surface area (Å²) in [4.78, 5) is 28.9. The Balaban J connectivity index is 1.32. The van der Waals surface area contributed by atoms with E-state index in [0.717, 1.165) is 5.69 Å². The number of nitrogens with zero attached hydrogens (tertiary/aromatic N) is 2. The highest BCUT2D eigenvalue weighted by Crippen LogP contribution is 2.30. The monoisotopic (exact) mass is 496 g/mol. The molecule has 4 rings (SSSR count). The first kappa shape index (κ1) is 23.7. The molecule has 0 aliphatic carbocycles. The number of hydrogen-bond donors (Lipinski definition) is 2. The third kappa shape index (κ3) is 5.70. The van der Waals surface area contributed by atoms with Crippen LogP contribution in [0.5, 0.6) is 0 Å². The molecule has 0 spiro atoms. The Kier molecular flexibility index (Phi) is 7.40. The molecule has 3 aromatic rings. The molecule has 6 nitrogen and oxygen atoms in total. The van der Waals surface area contributed by atoms with Crippen molar-refractivity contribution in [1.82, 2.24) is 10.2 Å². The minimum Gasteiger partial charge on any atom is -0.367 e. The van der Waals surface area contributed by atoms with E-state index in [0.29, 0.717) is 48.0 Å². The third-order valence-electron chi connectivity index (χ3n) is 5.47. The smallest absolute Gasteiger partial charge is 0.257 e. The van der Waals surface area contributed by atoms with Crippen molar-refractivity contribution in [2.24, 2.45) is 0 Å². The number of thiocarbonyl (C=S) groups is 1. The minimum absolute atomic E-state index is 0.0297. The van der Waals surface area contributed by atoms with Gasteiger partial charge in [-0.1, -0.05) is 29.8 Å². The van der Waals surface area contributed by atoms with E-state index in [-0.39, 0.29) is 11.0 Å². The molecular weight excluding hydrogens is 475 g/mol. The van der Waals surface area contributed by atoms with Crippen LogP contribution in [0.2, 0.25) is 5.02 Å². The quantitative estimate of drug-likeness (QED) is 0.518. The Labute approximate surface area is 207 Å². The van der Waals surface area contributed by atoms with Gasteiger partial charge in [-0.15, -0.1) is 0 Å². The second-order valence-electron chi connectivity index (χ2n) is 7.73. The number of anilines is 2. The second-order valence-corrected chi connectivity index (χ2v) is 8.54. The number of carbonyl (C=O) groups is 2. The fourth-order valence-electron chi connectivity index (χ4n) is 3.69. The summed E-state index contributed by atoms with van der Waals surface area (Å²) in [6.45, 7) is 2.53. The molecule has 0 unspecified atom stereocenters. The third-order valence-corrected chi connectivity index (χ3v) is 5.97. The van der Waals surface area contributed by atoms with Gasteiger partial charge < -0.3 is 15.1 Å². The van der Waals surface area contributed by atoms with Crippen molar-refractivity contribution in [3.8, 4) is 0 Å². The summed E-state index contributed by atoms with van der Waals surface area (Å²) in [5.41, 5.74) is 2.46. The lowest BCUT2D eigenvalue weighted by molar-refractivity contribution is 0.0746. The predicted octanol–water partition coefficient (Wildman–Crippen LogP) is 4.57. The molecule has 1 fully saturated rings. The number of piperazine rings is 1. The van der Waals surface area contributed by atoms with Gasteiger partial charge in [0.15, 0.2) is 5.11 Å². The van der Waals surface area contributed by atoms with Gasteiger partial charge in [-0.05, 0) is 66.8 Å². The summed E-state index contributed by atoms with van der Waals surface area (Å²) in [6, 6.07) is 19.9. The number of halogens is 2. The van der Waals surface area contributed by atoms with Crippen molar-refractivity contribution >= 4 is 52.1 Å². The highest BCUT2D eigenvalue weighted by atomic mass is 35.5. The number of hydrogen-bond acceptors (Lipinski definition) is 4. The van der Waals surface area contributed by atoms with E-state index < -0.39 is 11.7 Å². The summed E-state index contributed by atoms with van der Waals surface area (Å²) in [5, 5.41) is 6.12. The van der Waals surface area contributed by atoms with Crippen LogP contribution in [0.1, 0.15) is 20.7 Å². The van der Waals surface area contributed by atoms with Gasteiger partial charge in [-0.2, -0.15) is 0 Å². The highest BCUT2D eigenvalue weighted by Gasteiger charge is 2.23. The maximum atomic E-state index is 13.0. The van der Waals surface area contributed by atoms with Gasteiger partial charge in [0.1, 0.15) is 5.82 Å². The first-order chi connectivity index (χ1) is 16.4. The fourth-order valence-corrected chi connectivity index (χ4v) is 4.20. The summed E-state index contributed by atoms with van der Waals surface area (Å²) in [5.74, 6) is -0.832. The Morgan fingerprint density at radius 3 is 2.21 bits per heavy atom. The average molecular weight is 497 g/mol. The van der Waals surface area contributed by atoms with Crippen LogP contribution in [0, 0.1) is 5.82 Å². The minimum atomic E-state index is -0.442. The molecule has 0 radical (unpaired) electrons. The summed E-state index contributed by atoms with van der Waals surface area (Å²) >= 11 is 11.7. The maximum Gasteiger partial charge on any atom is 0.257 e. The van der Waals surface area contributed by atoms with E-state index in [2.05, 4.69) is 15.5 Å². The van der Waals surface area contributed by atoms with E-state index in [4.69, 9.17) is 23.8 Å². The van der Waals surface area contributed by atoms with Crippen LogP contribution in [0.15, 0.2) is 72.8 Å². The van der Waals surface area contributed by atoms with Crippen LogP contribution >= 0.6 is 23.8 Å². The van der Waals surface area contributed by atoms with E-state index in [1.54, 1.807) is 6.07 Å². The zero-order valence-electron chi connectivity index (χ0n) is 18.1. The molecular formula is C25H22ClFN4O2S. The van der Waals surface area contributed by atoms with Crippen LogP contribution in [0.4, 0.5) is 15.8 Å². The normalized spacial score (nSPS) is 13.4. The van der Waals surface area contributed by atoms with E-state index in [1.165, 1.54) is 24.3 Å². The SMILES string of the molecule is O=C(NC(=S)Nc1ccc(N2CCN(C(=O)c3ccccc3)CC2)c(Cl)c1)c1ccc(F)cc1. The average Bonchev–Trinajstić information content (AvgIpc) is 2.85. The van der Waals surface area contributed by atoms with Crippen LogP contribution in [-0.4, -0.2) is 48.0 Å². The van der Waals surface area contributed by atoms with Gasteiger partial charge in [-0.3, -0.25) is 14.9 Å². The molecule has 3 aromatic carbocycles. The largest absolute Gasteiger partial charge is 0.367 e. The molecule has 2 N–H and O–H groups in total. The van der Waals surface area contributed by atoms with E-state index in [1.807, 2.05) is 47.4 Å². The lowest BCUT2D eigenvalue weighted by Gasteiger charge is -2.36. The number of nitrogens with one attached hydrogen (secondary N) is 2. The van der Waals surface area contributed by atoms with Gasteiger partial charge >= 0.3 is 0 Å². The molecule has 0 aromatic heterocycles. The number of benzene rings is 3. The Morgan fingerprint density at radius 1 is 0.882 bits per heavy atom. The lowest BCUT2D eigenvalue weighted by Crippen LogP contribution is -2.48. The van der Waals surface area contributed by atoms with Crippen molar-refractivity contribution in [3.05, 3.63) is 94.8 Å². The Bertz CT molecular complexity index is 1200. The summed E-state index contributed by atoms with van der Waals surface area (Å²) in [7, 11) is 0. The molecule has 1 aliphatic rings. The first-order valence-corrected chi connectivity index (χ1v) is 11.5. The standard InChI is InChI=1S/C25H22ClFN4O2S/c26-21-16-20(28-25(34)29-23(32)17-6-8-19(27)9-7-17)10-11-22(21)30-12-14-31(15-13-30)24(33)18-4-2-1-3-5-18/h1-11,16H,12-15H2,(H2,28,29,32,34). The zero-order valence-corrected chi connectivity index (χ0v) is 19.7. The van der Waals surface area contributed by atoms with Crippen molar-refractivity contribution in [2.75, 3.05) is 36.4 Å². The van der Waals surface area contributed by atoms with E-state index in [9.17, 15) is 14.0 Å². The molecule has 1 aliphatic heterocycles. The van der Waals surface area contributed by atoms with Gasteiger partial charge in [0, 0.05) is 43.0 Å². The van der Waals surface area contributed by atoms with Crippen molar-refractivity contribution in [3.63, 3.8) is 0 Å². The van der Waals surface area contributed by atoms with Crippen LogP contribution < -0.4 is 15.5 Å². The second kappa shape index (κ2) is 10.6. The summed E-state index contributed by atoms with van der Waals surface area (Å²) in [6.07, 6.45) is 0. The van der Waals surface area contributed by atoms with Gasteiger partial charge in [0.05, 0.1) is 10.7 Å². The first-order valence-electron chi connectivity index (χ1n) is 10.7. The van der Waals surface area contributed by atoms with Crippen molar-refractivity contribution < 1.29 is 14.0 Å². The molecule has 1 saturated heterocycles. The molecule has 0 bridgehead atoms. The van der Waals surface area contributed by atoms with Crippen LogP contribution in [0.3, 0.4) is 0 Å². The highest BCUT2D eigenvalue weighted by molar-refractivity contribution is 7.80.